The first-order chi connectivity index (χ1) is 16.8. The van der Waals surface area contributed by atoms with Crippen LogP contribution in [0.15, 0.2) is 36.4 Å². The lowest BCUT2D eigenvalue weighted by Crippen LogP contribution is -2.13. The van der Waals surface area contributed by atoms with Gasteiger partial charge in [-0.25, -0.2) is 0 Å². The quantitative estimate of drug-likeness (QED) is 0.215. The number of unbranched alkanes of at least 4 members (excludes halogenated alkanes) is 5. The van der Waals surface area contributed by atoms with E-state index in [-0.39, 0.29) is 34.3 Å². The van der Waals surface area contributed by atoms with E-state index < -0.39 is 35.3 Å². The SMILES string of the molecule is O=C(CCCCCCCCC(=O)Nc1cc(C(F)(F)F)ccc1Cl)Nc1cc(C(F)(F)F)ccc1Cl. The summed E-state index contributed by atoms with van der Waals surface area (Å²) < 4.78 is 76.8. The van der Waals surface area contributed by atoms with Gasteiger partial charge in [0, 0.05) is 12.8 Å². The molecule has 4 nitrogen and oxygen atoms in total. The number of carbonyl (C=O) groups is 2. The second-order valence-corrected chi connectivity index (χ2v) is 8.92. The number of amides is 2. The molecular formula is C24H24Cl2F6N2O2. The molecule has 2 amide bonds. The van der Waals surface area contributed by atoms with Gasteiger partial charge in [0.25, 0.3) is 0 Å². The van der Waals surface area contributed by atoms with Crippen LogP contribution in [0.4, 0.5) is 37.7 Å². The van der Waals surface area contributed by atoms with Crippen LogP contribution in [0.1, 0.15) is 62.5 Å². The van der Waals surface area contributed by atoms with Gasteiger partial charge >= 0.3 is 12.4 Å². The molecule has 198 valence electrons. The number of anilines is 2. The fourth-order valence-electron chi connectivity index (χ4n) is 3.30. The standard InChI is InChI=1S/C24H24Cl2F6N2O2/c25-17-11-9-15(23(27,28)29)13-19(17)33-21(35)7-5-3-1-2-4-6-8-22(36)34-20-14-16(24(30,31)32)10-12-18(20)26/h9-14H,1-8H2,(H,33,35)(H,34,36). The molecular weight excluding hydrogens is 533 g/mol. The van der Waals surface area contributed by atoms with Gasteiger partial charge in [-0.3, -0.25) is 9.59 Å². The molecule has 0 radical (unpaired) electrons. The summed E-state index contributed by atoms with van der Waals surface area (Å²) >= 11 is 11.7. The molecule has 0 saturated carbocycles. The number of hydrogen-bond donors (Lipinski definition) is 2. The van der Waals surface area contributed by atoms with Crippen molar-refractivity contribution in [1.82, 2.24) is 0 Å². The lowest BCUT2D eigenvalue weighted by Gasteiger charge is -2.12. The Hall–Kier alpha value is -2.46. The van der Waals surface area contributed by atoms with Crippen LogP contribution in [-0.2, 0) is 21.9 Å². The van der Waals surface area contributed by atoms with Gasteiger partial charge in [-0.15, -0.1) is 0 Å². The van der Waals surface area contributed by atoms with E-state index in [4.69, 9.17) is 23.2 Å². The monoisotopic (exact) mass is 556 g/mol. The molecule has 2 aromatic carbocycles. The summed E-state index contributed by atoms with van der Waals surface area (Å²) in [5.74, 6) is -0.887. The average Bonchev–Trinajstić information content (AvgIpc) is 2.77. The van der Waals surface area contributed by atoms with E-state index in [0.29, 0.717) is 25.7 Å². The Morgan fingerprint density at radius 2 is 0.944 bits per heavy atom. The molecule has 0 fully saturated rings. The highest BCUT2D eigenvalue weighted by Crippen LogP contribution is 2.35. The molecule has 0 bridgehead atoms. The van der Waals surface area contributed by atoms with Crippen molar-refractivity contribution in [3.63, 3.8) is 0 Å². The molecule has 36 heavy (non-hydrogen) atoms. The number of halogens is 8. The Morgan fingerprint density at radius 3 is 1.28 bits per heavy atom. The number of benzene rings is 2. The zero-order valence-corrected chi connectivity index (χ0v) is 20.5. The van der Waals surface area contributed by atoms with Crippen LogP contribution in [0, 0.1) is 0 Å². The van der Waals surface area contributed by atoms with Crippen LogP contribution >= 0.6 is 23.2 Å². The molecule has 12 heteroatoms. The largest absolute Gasteiger partial charge is 0.416 e. The van der Waals surface area contributed by atoms with Crippen molar-refractivity contribution in [2.24, 2.45) is 0 Å². The van der Waals surface area contributed by atoms with Crippen LogP contribution in [0.25, 0.3) is 0 Å². The summed E-state index contributed by atoms with van der Waals surface area (Å²) in [5.41, 5.74) is -2.01. The van der Waals surface area contributed by atoms with Gasteiger partial charge in [0.2, 0.25) is 11.8 Å². The smallest absolute Gasteiger partial charge is 0.325 e. The van der Waals surface area contributed by atoms with Gasteiger partial charge in [-0.05, 0) is 49.2 Å². The van der Waals surface area contributed by atoms with E-state index in [2.05, 4.69) is 10.6 Å². The number of rotatable bonds is 11. The predicted octanol–water partition coefficient (Wildman–Crippen LogP) is 8.73. The Bertz CT molecular complexity index is 974. The molecule has 0 aliphatic heterocycles. The van der Waals surface area contributed by atoms with Crippen molar-refractivity contribution in [2.45, 2.75) is 63.7 Å². The second kappa shape index (κ2) is 13.2. The van der Waals surface area contributed by atoms with E-state index in [0.717, 1.165) is 49.2 Å². The van der Waals surface area contributed by atoms with Gasteiger partial charge in [0.15, 0.2) is 0 Å². The van der Waals surface area contributed by atoms with Crippen molar-refractivity contribution < 1.29 is 35.9 Å². The minimum Gasteiger partial charge on any atom is -0.325 e. The third kappa shape index (κ3) is 9.89. The molecule has 0 aliphatic carbocycles. The maximum absolute atomic E-state index is 12.8. The summed E-state index contributed by atoms with van der Waals surface area (Å²) in [6, 6.07) is 5.40. The third-order valence-electron chi connectivity index (χ3n) is 5.19. The lowest BCUT2D eigenvalue weighted by molar-refractivity contribution is -0.138. The summed E-state index contributed by atoms with van der Waals surface area (Å²) in [6.07, 6.45) is -4.85. The molecule has 0 saturated heterocycles. The van der Waals surface area contributed by atoms with Crippen LogP contribution in [0.3, 0.4) is 0 Å². The predicted molar refractivity (Wildman–Crippen MR) is 127 cm³/mol. The van der Waals surface area contributed by atoms with Crippen molar-refractivity contribution in [3.8, 4) is 0 Å². The molecule has 0 heterocycles. The van der Waals surface area contributed by atoms with Gasteiger partial charge in [0.1, 0.15) is 0 Å². The lowest BCUT2D eigenvalue weighted by atomic mass is 10.1. The highest BCUT2D eigenvalue weighted by Gasteiger charge is 2.32. The molecule has 0 spiro atoms. The maximum Gasteiger partial charge on any atom is 0.416 e. The Kier molecular flexibility index (Phi) is 10.9. The average molecular weight is 557 g/mol. The minimum absolute atomic E-state index is 0.00992. The molecule has 0 atom stereocenters. The molecule has 2 N–H and O–H groups in total. The van der Waals surface area contributed by atoms with Gasteiger partial charge in [0.05, 0.1) is 32.5 Å². The normalized spacial score (nSPS) is 11.9. The van der Waals surface area contributed by atoms with E-state index in [1.807, 2.05) is 0 Å². The zero-order valence-electron chi connectivity index (χ0n) is 19.0. The van der Waals surface area contributed by atoms with Gasteiger partial charge < -0.3 is 10.6 Å². The summed E-state index contributed by atoms with van der Waals surface area (Å²) in [5, 5.41) is 4.81. The van der Waals surface area contributed by atoms with Gasteiger partial charge in [-0.2, -0.15) is 26.3 Å². The van der Waals surface area contributed by atoms with E-state index in [9.17, 15) is 35.9 Å². The Labute approximate surface area is 214 Å². The van der Waals surface area contributed by atoms with E-state index in [1.165, 1.54) is 0 Å². The van der Waals surface area contributed by atoms with E-state index >= 15 is 0 Å². The Balaban J connectivity index is 1.62. The van der Waals surface area contributed by atoms with Crippen molar-refractivity contribution in [2.75, 3.05) is 10.6 Å². The van der Waals surface area contributed by atoms with Crippen LogP contribution in [0.2, 0.25) is 10.0 Å². The maximum atomic E-state index is 12.8. The molecule has 2 aromatic rings. The molecule has 0 unspecified atom stereocenters. The third-order valence-corrected chi connectivity index (χ3v) is 5.85. The minimum atomic E-state index is -4.55. The number of alkyl halides is 6. The highest BCUT2D eigenvalue weighted by molar-refractivity contribution is 6.34. The number of hydrogen-bond acceptors (Lipinski definition) is 2. The van der Waals surface area contributed by atoms with Crippen LogP contribution in [-0.4, -0.2) is 11.8 Å². The first-order valence-electron chi connectivity index (χ1n) is 11.1. The Morgan fingerprint density at radius 1 is 0.611 bits per heavy atom. The highest BCUT2D eigenvalue weighted by atomic mass is 35.5. The van der Waals surface area contributed by atoms with E-state index in [1.54, 1.807) is 0 Å². The molecule has 0 aliphatic rings. The van der Waals surface area contributed by atoms with Crippen molar-refractivity contribution in [3.05, 3.63) is 57.6 Å². The molecule has 2 rings (SSSR count). The first-order valence-corrected chi connectivity index (χ1v) is 11.9. The topological polar surface area (TPSA) is 58.2 Å². The van der Waals surface area contributed by atoms with Crippen LogP contribution < -0.4 is 10.6 Å². The summed E-state index contributed by atoms with van der Waals surface area (Å²) in [4.78, 5) is 24.0. The summed E-state index contributed by atoms with van der Waals surface area (Å²) in [6.45, 7) is 0. The second-order valence-electron chi connectivity index (χ2n) is 8.10. The first kappa shape index (κ1) is 29.8. The summed E-state index contributed by atoms with van der Waals surface area (Å²) in [7, 11) is 0. The fraction of sp³-hybridized carbons (Fsp3) is 0.417. The van der Waals surface area contributed by atoms with Crippen molar-refractivity contribution in [1.29, 1.82) is 0 Å². The van der Waals surface area contributed by atoms with Crippen molar-refractivity contribution >= 4 is 46.4 Å². The number of carbonyl (C=O) groups excluding carboxylic acids is 2. The fourth-order valence-corrected chi connectivity index (χ4v) is 3.63. The van der Waals surface area contributed by atoms with Crippen LogP contribution in [0.5, 0.6) is 0 Å². The number of nitrogens with one attached hydrogen (secondary N) is 2. The molecule has 0 aromatic heterocycles. The van der Waals surface area contributed by atoms with Gasteiger partial charge in [-0.1, -0.05) is 48.9 Å². The zero-order chi connectivity index (χ0) is 26.9.